The van der Waals surface area contributed by atoms with E-state index in [4.69, 9.17) is 10.2 Å². The predicted octanol–water partition coefficient (Wildman–Crippen LogP) is 0.231. The fourth-order valence-corrected chi connectivity index (χ4v) is 2.78. The number of esters is 1. The molecule has 0 spiro atoms. The zero-order valence-electron chi connectivity index (χ0n) is 13.2. The monoisotopic (exact) mass is 354 g/mol. The number of nitrogens with zero attached hydrogens (tertiary/aromatic N) is 2. The molecule has 0 fully saturated rings. The second-order valence-electron chi connectivity index (χ2n) is 5.44. The van der Waals surface area contributed by atoms with Crippen molar-refractivity contribution in [3.8, 4) is 5.69 Å². The maximum Gasteiger partial charge on any atom is 0.394 e. The number of aromatic nitrogens is 2. The van der Waals surface area contributed by atoms with E-state index in [0.29, 0.717) is 11.3 Å². The van der Waals surface area contributed by atoms with Crippen LogP contribution in [0.5, 0.6) is 0 Å². The number of nitrogens with two attached hydrogens (primary N) is 1. The second kappa shape index (κ2) is 5.28. The van der Waals surface area contributed by atoms with Gasteiger partial charge >= 0.3 is 11.9 Å². The minimum Gasteiger partial charge on any atom is -0.462 e. The summed E-state index contributed by atoms with van der Waals surface area (Å²) in [5, 5.41) is 2.09. The smallest absolute Gasteiger partial charge is 0.394 e. The summed E-state index contributed by atoms with van der Waals surface area (Å²) in [6.45, 7) is 0. The van der Waals surface area contributed by atoms with Crippen molar-refractivity contribution in [1.82, 2.24) is 14.9 Å². The molecule has 3 aromatic rings. The van der Waals surface area contributed by atoms with Crippen LogP contribution in [0.2, 0.25) is 0 Å². The molecule has 10 nitrogen and oxygen atoms in total. The molecule has 0 aliphatic carbocycles. The Hall–Kier alpha value is -3.95. The summed E-state index contributed by atoms with van der Waals surface area (Å²) in [5.41, 5.74) is 6.13. The highest BCUT2D eigenvalue weighted by molar-refractivity contribution is 6.23. The molecule has 2 amide bonds. The number of carbonyl (C=O) groups excluding carboxylic acids is 3. The zero-order valence-corrected chi connectivity index (χ0v) is 13.2. The molecule has 0 saturated carbocycles. The van der Waals surface area contributed by atoms with Gasteiger partial charge in [0.2, 0.25) is 0 Å². The van der Waals surface area contributed by atoms with Crippen LogP contribution in [0.3, 0.4) is 0 Å². The Labute approximate surface area is 144 Å². The first kappa shape index (κ1) is 15.6. The number of oxazole rings is 1. The van der Waals surface area contributed by atoms with Gasteiger partial charge in [-0.1, -0.05) is 0 Å². The standard InChI is InChI=1S/C16H10N4O6/c1-25-16(24)15-18-8-4-6(2-3-9(8)26-15)20-10(21)5-7-11(12(20)17)14(23)19-13(7)22/h2-5H,17H2,1H3,(H,19,22,23). The predicted molar refractivity (Wildman–Crippen MR) is 87.2 cm³/mol. The number of nitrogen functional groups attached to an aromatic ring is 1. The van der Waals surface area contributed by atoms with Crippen molar-refractivity contribution in [2.75, 3.05) is 12.8 Å². The molecular formula is C16H10N4O6. The number of ether oxygens (including phenoxy) is 1. The van der Waals surface area contributed by atoms with Crippen molar-refractivity contribution in [3.05, 3.63) is 51.6 Å². The lowest BCUT2D eigenvalue weighted by atomic mass is 10.1. The van der Waals surface area contributed by atoms with Crippen molar-refractivity contribution in [2.24, 2.45) is 0 Å². The number of methoxy groups -OCH3 is 1. The first-order valence-electron chi connectivity index (χ1n) is 7.31. The molecule has 130 valence electrons. The molecule has 2 aromatic heterocycles. The van der Waals surface area contributed by atoms with Crippen molar-refractivity contribution >= 4 is 34.7 Å². The lowest BCUT2D eigenvalue weighted by Gasteiger charge is -2.11. The number of nitrogens with one attached hydrogen (secondary N) is 1. The van der Waals surface area contributed by atoms with Crippen LogP contribution in [0.25, 0.3) is 16.8 Å². The molecule has 3 heterocycles. The molecule has 10 heteroatoms. The number of carbonyl (C=O) groups is 3. The first-order valence-corrected chi connectivity index (χ1v) is 7.31. The molecule has 26 heavy (non-hydrogen) atoms. The van der Waals surface area contributed by atoms with Gasteiger partial charge in [-0.05, 0) is 18.2 Å². The third kappa shape index (κ3) is 2.09. The minimum absolute atomic E-state index is 0.0647. The highest BCUT2D eigenvalue weighted by Gasteiger charge is 2.32. The third-order valence-electron chi connectivity index (χ3n) is 3.94. The number of benzene rings is 1. The maximum absolute atomic E-state index is 12.4. The quantitative estimate of drug-likeness (QED) is 0.491. The van der Waals surface area contributed by atoms with Gasteiger partial charge in [0.15, 0.2) is 5.58 Å². The van der Waals surface area contributed by atoms with Gasteiger partial charge in [0.25, 0.3) is 17.4 Å². The van der Waals surface area contributed by atoms with Crippen molar-refractivity contribution < 1.29 is 23.5 Å². The van der Waals surface area contributed by atoms with Gasteiger partial charge in [-0.2, -0.15) is 0 Å². The molecule has 0 bridgehead atoms. The van der Waals surface area contributed by atoms with Crippen LogP contribution in [0.4, 0.5) is 5.82 Å². The van der Waals surface area contributed by atoms with E-state index in [0.717, 1.165) is 10.6 Å². The van der Waals surface area contributed by atoms with E-state index in [1.54, 1.807) is 0 Å². The van der Waals surface area contributed by atoms with E-state index in [1.165, 1.54) is 25.3 Å². The van der Waals surface area contributed by atoms with Crippen LogP contribution in [0.15, 0.2) is 33.5 Å². The summed E-state index contributed by atoms with van der Waals surface area (Å²) >= 11 is 0. The summed E-state index contributed by atoms with van der Waals surface area (Å²) in [7, 11) is 1.19. The normalized spacial score (nSPS) is 13.0. The van der Waals surface area contributed by atoms with E-state index < -0.39 is 23.3 Å². The topological polar surface area (TPSA) is 147 Å². The largest absolute Gasteiger partial charge is 0.462 e. The molecule has 4 rings (SSSR count). The van der Waals surface area contributed by atoms with Crippen LogP contribution in [0, 0.1) is 0 Å². The van der Waals surface area contributed by atoms with Gasteiger partial charge < -0.3 is 14.9 Å². The van der Waals surface area contributed by atoms with Crippen molar-refractivity contribution in [2.45, 2.75) is 0 Å². The summed E-state index contributed by atoms with van der Waals surface area (Å²) in [4.78, 5) is 51.5. The summed E-state index contributed by atoms with van der Waals surface area (Å²) in [6, 6.07) is 5.50. The molecule has 3 N–H and O–H groups in total. The van der Waals surface area contributed by atoms with Crippen molar-refractivity contribution in [3.63, 3.8) is 0 Å². The Balaban J connectivity index is 1.92. The molecular weight excluding hydrogens is 344 g/mol. The van der Waals surface area contributed by atoms with Crippen LogP contribution in [-0.2, 0) is 4.74 Å². The number of hydrogen-bond donors (Lipinski definition) is 2. The van der Waals surface area contributed by atoms with E-state index in [9.17, 15) is 19.2 Å². The molecule has 1 aliphatic heterocycles. The van der Waals surface area contributed by atoms with Gasteiger partial charge in [0.1, 0.15) is 11.3 Å². The van der Waals surface area contributed by atoms with E-state index in [-0.39, 0.29) is 28.4 Å². The second-order valence-corrected chi connectivity index (χ2v) is 5.44. The number of pyridine rings is 1. The number of imide groups is 1. The third-order valence-corrected chi connectivity index (χ3v) is 3.94. The Morgan fingerprint density at radius 2 is 2.00 bits per heavy atom. The van der Waals surface area contributed by atoms with Gasteiger partial charge in [0.05, 0.1) is 23.9 Å². The fraction of sp³-hybridized carbons (Fsp3) is 0.0625. The first-order chi connectivity index (χ1) is 12.4. The van der Waals surface area contributed by atoms with Gasteiger partial charge in [-0.3, -0.25) is 24.3 Å². The van der Waals surface area contributed by atoms with Crippen LogP contribution >= 0.6 is 0 Å². The maximum atomic E-state index is 12.4. The van der Waals surface area contributed by atoms with E-state index in [1.807, 2.05) is 0 Å². The zero-order chi connectivity index (χ0) is 18.6. The number of fused-ring (bicyclic) bond motifs is 2. The lowest BCUT2D eigenvalue weighted by molar-refractivity contribution is 0.0558. The average Bonchev–Trinajstić information content (AvgIpc) is 3.15. The van der Waals surface area contributed by atoms with Crippen LogP contribution in [-0.4, -0.2) is 34.4 Å². The van der Waals surface area contributed by atoms with E-state index >= 15 is 0 Å². The Kier molecular flexibility index (Phi) is 3.16. The minimum atomic E-state index is -0.743. The molecule has 1 aromatic carbocycles. The number of rotatable bonds is 2. The van der Waals surface area contributed by atoms with Crippen molar-refractivity contribution in [1.29, 1.82) is 0 Å². The molecule has 0 unspecified atom stereocenters. The Morgan fingerprint density at radius 1 is 1.23 bits per heavy atom. The molecule has 0 atom stereocenters. The Bertz CT molecular complexity index is 1190. The molecule has 1 aliphatic rings. The van der Waals surface area contributed by atoms with E-state index in [2.05, 4.69) is 15.0 Å². The molecule has 0 saturated heterocycles. The number of amides is 2. The van der Waals surface area contributed by atoms with Crippen LogP contribution in [0.1, 0.15) is 31.4 Å². The van der Waals surface area contributed by atoms with Gasteiger partial charge in [0, 0.05) is 6.07 Å². The van der Waals surface area contributed by atoms with Gasteiger partial charge in [-0.15, -0.1) is 0 Å². The summed E-state index contributed by atoms with van der Waals surface area (Å²) < 4.78 is 10.9. The van der Waals surface area contributed by atoms with Gasteiger partial charge in [-0.25, -0.2) is 9.78 Å². The molecule has 0 radical (unpaired) electrons. The fourth-order valence-electron chi connectivity index (χ4n) is 2.78. The average molecular weight is 354 g/mol. The van der Waals surface area contributed by atoms with Crippen LogP contribution < -0.4 is 16.6 Å². The highest BCUT2D eigenvalue weighted by Crippen LogP contribution is 2.25. The number of anilines is 1. The highest BCUT2D eigenvalue weighted by atomic mass is 16.5. The SMILES string of the molecule is COC(=O)c1nc2cc(-n3c(N)c4c(cc3=O)C(=O)NC4=O)ccc2o1. The summed E-state index contributed by atoms with van der Waals surface area (Å²) in [5.74, 6) is -2.50. The summed E-state index contributed by atoms with van der Waals surface area (Å²) in [6.07, 6.45) is 0. The number of hydrogen-bond acceptors (Lipinski definition) is 8. The lowest BCUT2D eigenvalue weighted by Crippen LogP contribution is -2.24. The Morgan fingerprint density at radius 3 is 2.73 bits per heavy atom.